The number of fused-ring (bicyclic) bond motifs is 3. The first-order valence-electron chi connectivity index (χ1n) is 17.2. The van der Waals surface area contributed by atoms with Crippen molar-refractivity contribution in [3.8, 4) is 11.1 Å². The van der Waals surface area contributed by atoms with Crippen LogP contribution >= 0.6 is 0 Å². The van der Waals surface area contributed by atoms with Gasteiger partial charge in [0.1, 0.15) is 0 Å². The summed E-state index contributed by atoms with van der Waals surface area (Å²) in [7, 11) is 6.97. The molecule has 0 N–H and O–H groups in total. The van der Waals surface area contributed by atoms with Gasteiger partial charge in [-0.25, -0.2) is 0 Å². The van der Waals surface area contributed by atoms with E-state index in [9.17, 15) is 0 Å². The summed E-state index contributed by atoms with van der Waals surface area (Å²) in [6, 6.07) is 15.0. The van der Waals surface area contributed by atoms with Gasteiger partial charge in [-0.3, -0.25) is 0 Å². The Balaban J connectivity index is 1.97. The highest BCUT2D eigenvalue weighted by Crippen LogP contribution is 2.55. The molecular weight excluding hydrogens is 494 g/mol. The van der Waals surface area contributed by atoms with Crippen molar-refractivity contribution in [3.63, 3.8) is 0 Å². The maximum absolute atomic E-state index is 2.63. The first-order chi connectivity index (χ1) is 19.1. The topological polar surface area (TPSA) is 0 Å². The van der Waals surface area contributed by atoms with E-state index in [0.29, 0.717) is 0 Å². The molecule has 1 nitrogen and oxygen atoms in total. The molecule has 0 bridgehead atoms. The van der Waals surface area contributed by atoms with Gasteiger partial charge < -0.3 is 4.48 Å². The molecule has 1 atom stereocenters. The van der Waals surface area contributed by atoms with Crippen LogP contribution in [-0.4, -0.2) is 32.2 Å². The Hall–Kier alpha value is -1.60. The Morgan fingerprint density at radius 3 is 1.54 bits per heavy atom. The second-order valence-electron chi connectivity index (χ2n) is 16.8. The Kier molecular flexibility index (Phi) is 11.4. The molecule has 0 saturated heterocycles. The van der Waals surface area contributed by atoms with Crippen LogP contribution < -0.4 is 0 Å². The van der Waals surface area contributed by atoms with Gasteiger partial charge in [-0.2, -0.15) is 0 Å². The number of quaternary nitrogens is 1. The maximum Gasteiger partial charge on any atom is 0.0780 e. The van der Waals surface area contributed by atoms with E-state index in [1.807, 2.05) is 0 Å². The van der Waals surface area contributed by atoms with Crippen LogP contribution in [0.2, 0.25) is 0 Å². The van der Waals surface area contributed by atoms with E-state index in [1.54, 1.807) is 11.1 Å². The highest BCUT2D eigenvalue weighted by Gasteiger charge is 2.43. The van der Waals surface area contributed by atoms with Gasteiger partial charge in [0, 0.05) is 5.41 Å². The van der Waals surface area contributed by atoms with Gasteiger partial charge in [-0.05, 0) is 75.8 Å². The predicted molar refractivity (Wildman–Crippen MR) is 183 cm³/mol. The normalized spacial score (nSPS) is 15.6. The van der Waals surface area contributed by atoms with Crippen molar-refractivity contribution in [1.29, 1.82) is 0 Å². The maximum atomic E-state index is 2.63. The van der Waals surface area contributed by atoms with E-state index in [0.717, 1.165) is 10.4 Å². The van der Waals surface area contributed by atoms with Crippen molar-refractivity contribution in [2.24, 2.45) is 5.92 Å². The zero-order chi connectivity index (χ0) is 30.5. The predicted octanol–water partition coefficient (Wildman–Crippen LogP) is 11.6. The van der Waals surface area contributed by atoms with E-state index < -0.39 is 0 Å². The number of nitrogens with zero attached hydrogens (tertiary/aromatic N) is 1. The summed E-state index contributed by atoms with van der Waals surface area (Å²) in [4.78, 5) is 0. The molecule has 0 aromatic heterocycles. The number of unbranched alkanes of at least 4 members (excludes halogenated alkanes) is 5. The molecule has 1 unspecified atom stereocenters. The summed E-state index contributed by atoms with van der Waals surface area (Å²) >= 11 is 0. The molecule has 41 heavy (non-hydrogen) atoms. The Bertz CT molecular complexity index is 1040. The average Bonchev–Trinajstić information content (AvgIpc) is 3.13. The van der Waals surface area contributed by atoms with Crippen molar-refractivity contribution in [1.82, 2.24) is 0 Å². The third-order valence-corrected chi connectivity index (χ3v) is 9.86. The Morgan fingerprint density at radius 2 is 1.10 bits per heavy atom. The molecule has 0 aliphatic heterocycles. The van der Waals surface area contributed by atoms with Crippen molar-refractivity contribution < 1.29 is 4.48 Å². The second kappa shape index (κ2) is 13.8. The molecule has 0 saturated carbocycles. The monoisotopic (exact) mass is 561 g/mol. The average molecular weight is 561 g/mol. The van der Waals surface area contributed by atoms with Gasteiger partial charge in [0.25, 0.3) is 0 Å². The van der Waals surface area contributed by atoms with Crippen LogP contribution in [0.4, 0.5) is 0 Å². The smallest absolute Gasteiger partial charge is 0.0780 e. The number of rotatable bonds is 15. The van der Waals surface area contributed by atoms with Crippen LogP contribution in [0.15, 0.2) is 36.4 Å². The lowest BCUT2D eigenvalue weighted by Crippen LogP contribution is -2.35. The lowest BCUT2D eigenvalue weighted by Gasteiger charge is -2.35. The minimum atomic E-state index is 0.141. The molecule has 0 fully saturated rings. The largest absolute Gasteiger partial charge is 0.331 e. The molecule has 0 amide bonds. The summed E-state index contributed by atoms with van der Waals surface area (Å²) in [5.41, 5.74) is 9.72. The lowest BCUT2D eigenvalue weighted by atomic mass is 9.69. The molecule has 0 radical (unpaired) electrons. The van der Waals surface area contributed by atoms with Crippen LogP contribution in [0.5, 0.6) is 0 Å². The molecule has 3 rings (SSSR count). The number of benzene rings is 2. The fourth-order valence-corrected chi connectivity index (χ4v) is 7.19. The standard InChI is InChI=1S/C40H66N/c1-12-20-31(2)21-16-15-18-27-40(26-17-13-14-19-28-41(9,10)11)36-29-32(38(3,4)5)22-24-34(36)35-25-23-33(30-37(35)40)39(6,7)8/h22-25,29-31H,12-21,26-28H2,1-11H3/q+1. The highest BCUT2D eigenvalue weighted by molar-refractivity contribution is 5.82. The summed E-state index contributed by atoms with van der Waals surface area (Å²) in [6.45, 7) is 20.3. The van der Waals surface area contributed by atoms with Crippen molar-refractivity contribution in [2.45, 2.75) is 149 Å². The quantitative estimate of drug-likeness (QED) is 0.150. The third-order valence-electron chi connectivity index (χ3n) is 9.86. The zero-order valence-corrected chi connectivity index (χ0v) is 29.2. The van der Waals surface area contributed by atoms with Crippen LogP contribution in [0.25, 0.3) is 11.1 Å². The zero-order valence-electron chi connectivity index (χ0n) is 29.2. The number of hydrogen-bond donors (Lipinski definition) is 0. The van der Waals surface area contributed by atoms with Crippen molar-refractivity contribution >= 4 is 0 Å². The molecule has 1 aliphatic carbocycles. The Morgan fingerprint density at radius 1 is 0.634 bits per heavy atom. The van der Waals surface area contributed by atoms with E-state index in [1.165, 1.54) is 106 Å². The van der Waals surface area contributed by atoms with E-state index in [2.05, 4.69) is 113 Å². The SMILES string of the molecule is CCCC(C)CCCCCC1(CCCCCC[N+](C)(C)C)c2cc(C(C)(C)C)ccc2-c2ccc(C(C)(C)C)cc21. The molecule has 0 spiro atoms. The van der Waals surface area contributed by atoms with Crippen molar-refractivity contribution in [2.75, 3.05) is 27.7 Å². The molecule has 1 aliphatic rings. The van der Waals surface area contributed by atoms with Crippen LogP contribution in [0.3, 0.4) is 0 Å². The van der Waals surface area contributed by atoms with Gasteiger partial charge in [-0.1, -0.05) is 143 Å². The minimum Gasteiger partial charge on any atom is -0.331 e. The molecule has 2 aromatic rings. The molecular formula is C40H66N+. The van der Waals surface area contributed by atoms with Gasteiger partial charge >= 0.3 is 0 Å². The fraction of sp³-hybridized carbons (Fsp3) is 0.700. The van der Waals surface area contributed by atoms with E-state index >= 15 is 0 Å². The summed E-state index contributed by atoms with van der Waals surface area (Å²) < 4.78 is 1.08. The summed E-state index contributed by atoms with van der Waals surface area (Å²) in [5, 5.41) is 0. The molecule has 230 valence electrons. The van der Waals surface area contributed by atoms with Gasteiger partial charge in [-0.15, -0.1) is 0 Å². The van der Waals surface area contributed by atoms with Crippen molar-refractivity contribution in [3.05, 3.63) is 58.7 Å². The second-order valence-corrected chi connectivity index (χ2v) is 16.8. The van der Waals surface area contributed by atoms with Crippen LogP contribution in [-0.2, 0) is 16.2 Å². The first kappa shape index (κ1) is 33.9. The minimum absolute atomic E-state index is 0.141. The van der Waals surface area contributed by atoms with Crippen LogP contribution in [0.1, 0.15) is 155 Å². The number of hydrogen-bond acceptors (Lipinski definition) is 0. The first-order valence-corrected chi connectivity index (χ1v) is 17.2. The Labute approximate surface area is 256 Å². The fourth-order valence-electron chi connectivity index (χ4n) is 7.19. The highest BCUT2D eigenvalue weighted by atomic mass is 15.3. The van der Waals surface area contributed by atoms with Gasteiger partial charge in [0.2, 0.25) is 0 Å². The van der Waals surface area contributed by atoms with E-state index in [4.69, 9.17) is 0 Å². The van der Waals surface area contributed by atoms with Gasteiger partial charge in [0.05, 0.1) is 27.7 Å². The summed E-state index contributed by atoms with van der Waals surface area (Å²) in [6.07, 6.45) is 16.1. The summed E-state index contributed by atoms with van der Waals surface area (Å²) in [5.74, 6) is 0.873. The molecule has 1 heteroatoms. The molecule has 0 heterocycles. The van der Waals surface area contributed by atoms with Crippen LogP contribution in [0, 0.1) is 5.92 Å². The molecule has 2 aromatic carbocycles. The van der Waals surface area contributed by atoms with Gasteiger partial charge in [0.15, 0.2) is 0 Å². The van der Waals surface area contributed by atoms with E-state index in [-0.39, 0.29) is 16.2 Å². The lowest BCUT2D eigenvalue weighted by molar-refractivity contribution is -0.870. The third kappa shape index (κ3) is 8.95.